The summed E-state index contributed by atoms with van der Waals surface area (Å²) >= 11 is 5.07. The van der Waals surface area contributed by atoms with Crippen molar-refractivity contribution in [1.82, 2.24) is 4.98 Å². The molecular weight excluding hydrogens is 235 g/mol. The molecule has 80 valence electrons. The van der Waals surface area contributed by atoms with Gasteiger partial charge in [0, 0.05) is 6.08 Å². The topological polar surface area (TPSA) is 39.2 Å². The Bertz CT molecular complexity index is 436. The van der Waals surface area contributed by atoms with Gasteiger partial charge in [-0.05, 0) is 0 Å². The SMILES string of the molecule is C=CC(=O)Oc1nc(F)c(F)c(Cl)c1F. The van der Waals surface area contributed by atoms with Gasteiger partial charge in [-0.25, -0.2) is 9.18 Å². The first kappa shape index (κ1) is 11.5. The molecule has 0 aliphatic rings. The molecule has 0 atom stereocenters. The Kier molecular flexibility index (Phi) is 3.31. The van der Waals surface area contributed by atoms with Crippen LogP contribution in [-0.4, -0.2) is 11.0 Å². The summed E-state index contributed by atoms with van der Waals surface area (Å²) in [6, 6.07) is 0. The van der Waals surface area contributed by atoms with Crippen LogP contribution in [0.3, 0.4) is 0 Å². The first-order valence-electron chi connectivity index (χ1n) is 3.51. The van der Waals surface area contributed by atoms with Gasteiger partial charge in [0.15, 0.2) is 5.82 Å². The predicted molar refractivity (Wildman–Crippen MR) is 45.0 cm³/mol. The second-order valence-electron chi connectivity index (χ2n) is 2.27. The monoisotopic (exact) mass is 237 g/mol. The molecule has 0 saturated heterocycles. The minimum Gasteiger partial charge on any atom is -0.401 e. The molecule has 0 fully saturated rings. The van der Waals surface area contributed by atoms with Gasteiger partial charge in [0.2, 0.25) is 5.82 Å². The normalized spacial score (nSPS) is 9.87. The Morgan fingerprint density at radius 1 is 1.40 bits per heavy atom. The van der Waals surface area contributed by atoms with E-state index in [9.17, 15) is 18.0 Å². The number of halogens is 4. The van der Waals surface area contributed by atoms with Crippen molar-refractivity contribution in [2.45, 2.75) is 0 Å². The number of carbonyl (C=O) groups excluding carboxylic acids is 1. The maximum atomic E-state index is 13.0. The third kappa shape index (κ3) is 2.27. The highest BCUT2D eigenvalue weighted by atomic mass is 35.5. The maximum Gasteiger partial charge on any atom is 0.336 e. The molecule has 0 radical (unpaired) electrons. The Balaban J connectivity index is 3.20. The summed E-state index contributed by atoms with van der Waals surface area (Å²) in [5, 5.41) is -1.13. The molecule has 1 heterocycles. The van der Waals surface area contributed by atoms with Crippen molar-refractivity contribution in [2.75, 3.05) is 0 Å². The molecule has 15 heavy (non-hydrogen) atoms. The molecule has 3 nitrogen and oxygen atoms in total. The molecular formula is C8H3ClF3NO2. The molecule has 1 aromatic heterocycles. The van der Waals surface area contributed by atoms with Crippen molar-refractivity contribution in [3.8, 4) is 5.88 Å². The molecule has 1 aromatic rings. The van der Waals surface area contributed by atoms with Gasteiger partial charge in [0.25, 0.3) is 11.8 Å². The van der Waals surface area contributed by atoms with Crippen LogP contribution in [0, 0.1) is 17.6 Å². The highest BCUT2D eigenvalue weighted by Crippen LogP contribution is 2.26. The lowest BCUT2D eigenvalue weighted by Crippen LogP contribution is -2.09. The van der Waals surface area contributed by atoms with Crippen LogP contribution in [0.1, 0.15) is 0 Å². The van der Waals surface area contributed by atoms with Crippen molar-refractivity contribution >= 4 is 17.6 Å². The number of aromatic nitrogens is 1. The molecule has 0 amide bonds. The maximum absolute atomic E-state index is 13.0. The van der Waals surface area contributed by atoms with E-state index in [4.69, 9.17) is 11.6 Å². The fourth-order valence-electron chi connectivity index (χ4n) is 0.673. The Labute approximate surface area is 87.1 Å². The summed E-state index contributed by atoms with van der Waals surface area (Å²) in [5.41, 5.74) is 0. The second kappa shape index (κ2) is 4.31. The third-order valence-corrected chi connectivity index (χ3v) is 1.65. The van der Waals surface area contributed by atoms with Crippen molar-refractivity contribution in [3.63, 3.8) is 0 Å². The molecule has 0 unspecified atom stereocenters. The Hall–Kier alpha value is -1.56. The average molecular weight is 238 g/mol. The van der Waals surface area contributed by atoms with Crippen molar-refractivity contribution in [3.05, 3.63) is 35.3 Å². The molecule has 7 heteroatoms. The lowest BCUT2D eigenvalue weighted by Gasteiger charge is -2.04. The van der Waals surface area contributed by atoms with Crippen LogP contribution >= 0.6 is 11.6 Å². The number of ether oxygens (including phenoxy) is 1. The molecule has 0 spiro atoms. The van der Waals surface area contributed by atoms with Crippen molar-refractivity contribution < 1.29 is 22.7 Å². The van der Waals surface area contributed by atoms with Crippen LogP contribution < -0.4 is 4.74 Å². The van der Waals surface area contributed by atoms with Crippen LogP contribution in [-0.2, 0) is 4.79 Å². The van der Waals surface area contributed by atoms with Crippen molar-refractivity contribution in [2.24, 2.45) is 0 Å². The van der Waals surface area contributed by atoms with Crippen LogP contribution in [0.25, 0.3) is 0 Å². The van der Waals surface area contributed by atoms with E-state index in [1.807, 2.05) is 0 Å². The fourth-order valence-corrected chi connectivity index (χ4v) is 0.831. The van der Waals surface area contributed by atoms with Gasteiger partial charge >= 0.3 is 5.97 Å². The van der Waals surface area contributed by atoms with Gasteiger partial charge in [-0.2, -0.15) is 13.8 Å². The van der Waals surface area contributed by atoms with Crippen LogP contribution in [0.15, 0.2) is 12.7 Å². The zero-order chi connectivity index (χ0) is 11.6. The standard InChI is InChI=1S/C8H3ClF3NO2/c1-2-3(14)15-8-6(11)4(9)5(10)7(12)13-8/h2H,1H2. The van der Waals surface area contributed by atoms with Gasteiger partial charge in [-0.15, -0.1) is 0 Å². The lowest BCUT2D eigenvalue weighted by atomic mass is 10.4. The zero-order valence-corrected chi connectivity index (χ0v) is 7.82. The number of hydrogen-bond donors (Lipinski definition) is 0. The van der Waals surface area contributed by atoms with Crippen LogP contribution in [0.5, 0.6) is 5.88 Å². The van der Waals surface area contributed by atoms with Crippen molar-refractivity contribution in [1.29, 1.82) is 0 Å². The average Bonchev–Trinajstić information content (AvgIpc) is 2.22. The number of nitrogens with zero attached hydrogens (tertiary/aromatic N) is 1. The van der Waals surface area contributed by atoms with Gasteiger partial charge in [-0.3, -0.25) is 0 Å². The number of rotatable bonds is 2. The van der Waals surface area contributed by atoms with E-state index in [-0.39, 0.29) is 0 Å². The molecule has 0 N–H and O–H groups in total. The lowest BCUT2D eigenvalue weighted by molar-refractivity contribution is -0.129. The third-order valence-electron chi connectivity index (χ3n) is 1.32. The Morgan fingerprint density at radius 3 is 2.53 bits per heavy atom. The minimum atomic E-state index is -1.66. The summed E-state index contributed by atoms with van der Waals surface area (Å²) in [6.07, 6.45) is 0.705. The van der Waals surface area contributed by atoms with Gasteiger partial charge < -0.3 is 4.74 Å². The highest BCUT2D eigenvalue weighted by Gasteiger charge is 2.21. The summed E-state index contributed by atoms with van der Waals surface area (Å²) < 4.78 is 42.4. The summed E-state index contributed by atoms with van der Waals surface area (Å²) in [7, 11) is 0. The molecule has 0 aromatic carbocycles. The van der Waals surface area contributed by atoms with Crippen LogP contribution in [0.2, 0.25) is 5.02 Å². The van der Waals surface area contributed by atoms with E-state index in [1.165, 1.54) is 0 Å². The largest absolute Gasteiger partial charge is 0.401 e. The Morgan fingerprint density at radius 2 is 2.00 bits per heavy atom. The number of hydrogen-bond acceptors (Lipinski definition) is 3. The first-order valence-corrected chi connectivity index (χ1v) is 3.89. The van der Waals surface area contributed by atoms with Gasteiger partial charge in [0.1, 0.15) is 5.02 Å². The number of pyridine rings is 1. The quantitative estimate of drug-likeness (QED) is 0.450. The predicted octanol–water partition coefficient (Wildman–Crippen LogP) is 2.24. The molecule has 1 rings (SSSR count). The highest BCUT2D eigenvalue weighted by molar-refractivity contribution is 6.31. The van der Waals surface area contributed by atoms with E-state index in [1.54, 1.807) is 0 Å². The summed E-state index contributed by atoms with van der Waals surface area (Å²) in [5.74, 6) is -6.86. The second-order valence-corrected chi connectivity index (χ2v) is 2.65. The summed E-state index contributed by atoms with van der Waals surface area (Å²) in [6.45, 7) is 3.02. The fraction of sp³-hybridized carbons (Fsp3) is 0. The molecule has 0 aliphatic carbocycles. The van der Waals surface area contributed by atoms with E-state index in [0.29, 0.717) is 6.08 Å². The van der Waals surface area contributed by atoms with E-state index < -0.39 is 34.5 Å². The van der Waals surface area contributed by atoms with Crippen LogP contribution in [0.4, 0.5) is 13.2 Å². The zero-order valence-electron chi connectivity index (χ0n) is 7.06. The van der Waals surface area contributed by atoms with E-state index >= 15 is 0 Å². The smallest absolute Gasteiger partial charge is 0.336 e. The summed E-state index contributed by atoms with van der Waals surface area (Å²) in [4.78, 5) is 13.4. The van der Waals surface area contributed by atoms with E-state index in [2.05, 4.69) is 16.3 Å². The number of carbonyl (C=O) groups is 1. The van der Waals surface area contributed by atoms with Gasteiger partial charge in [0.05, 0.1) is 0 Å². The molecule has 0 saturated carbocycles. The van der Waals surface area contributed by atoms with Gasteiger partial charge in [-0.1, -0.05) is 18.2 Å². The molecule has 0 bridgehead atoms. The first-order chi connectivity index (χ1) is 6.97. The minimum absolute atomic E-state index is 0.705. The number of esters is 1. The molecule has 0 aliphatic heterocycles. The van der Waals surface area contributed by atoms with E-state index in [0.717, 1.165) is 0 Å².